The van der Waals surface area contributed by atoms with Gasteiger partial charge in [0, 0.05) is 0 Å². The van der Waals surface area contributed by atoms with Gasteiger partial charge in [-0.05, 0) is 54.8 Å². The van der Waals surface area contributed by atoms with Crippen LogP contribution in [-0.4, -0.2) is 23.3 Å². The Morgan fingerprint density at radius 2 is 1.85 bits per heavy atom. The van der Waals surface area contributed by atoms with Crippen LogP contribution in [0.5, 0.6) is 0 Å². The molecule has 1 aliphatic rings. The SMILES string of the molecule is COC(=O)c1ccc(/C=C2/SC(=S)N(c3cccc(C)c3C)C2=O)cc1. The van der Waals surface area contributed by atoms with Crippen molar-refractivity contribution in [2.45, 2.75) is 13.8 Å². The minimum absolute atomic E-state index is 0.134. The van der Waals surface area contributed by atoms with Crippen LogP contribution >= 0.6 is 24.0 Å². The lowest BCUT2D eigenvalue weighted by molar-refractivity contribution is -0.113. The Morgan fingerprint density at radius 1 is 1.15 bits per heavy atom. The van der Waals surface area contributed by atoms with E-state index in [1.54, 1.807) is 35.2 Å². The van der Waals surface area contributed by atoms with Crippen LogP contribution in [0.25, 0.3) is 6.08 Å². The van der Waals surface area contributed by atoms with E-state index in [0.717, 1.165) is 22.4 Å². The molecule has 1 aliphatic heterocycles. The third-order valence-corrected chi connectivity index (χ3v) is 5.54. The van der Waals surface area contributed by atoms with Gasteiger partial charge in [0.15, 0.2) is 4.32 Å². The molecule has 0 bridgehead atoms. The number of carbonyl (C=O) groups excluding carboxylic acids is 2. The summed E-state index contributed by atoms with van der Waals surface area (Å²) in [6.45, 7) is 3.99. The Morgan fingerprint density at radius 3 is 2.50 bits per heavy atom. The summed E-state index contributed by atoms with van der Waals surface area (Å²) in [5.74, 6) is -0.524. The number of hydrogen-bond acceptors (Lipinski definition) is 5. The lowest BCUT2D eigenvalue weighted by atomic mass is 10.1. The maximum Gasteiger partial charge on any atom is 0.337 e. The number of ether oxygens (including phenoxy) is 1. The number of nitrogens with zero attached hydrogens (tertiary/aromatic N) is 1. The van der Waals surface area contributed by atoms with Gasteiger partial charge in [-0.25, -0.2) is 4.79 Å². The van der Waals surface area contributed by atoms with Crippen LogP contribution in [0.3, 0.4) is 0 Å². The zero-order chi connectivity index (χ0) is 18.8. The average Bonchev–Trinajstić information content (AvgIpc) is 2.91. The monoisotopic (exact) mass is 383 g/mol. The van der Waals surface area contributed by atoms with E-state index >= 15 is 0 Å². The van der Waals surface area contributed by atoms with E-state index in [4.69, 9.17) is 12.2 Å². The van der Waals surface area contributed by atoms with Crippen molar-refractivity contribution in [3.8, 4) is 0 Å². The molecule has 1 fully saturated rings. The zero-order valence-electron chi connectivity index (χ0n) is 14.6. The van der Waals surface area contributed by atoms with Crippen molar-refractivity contribution in [2.24, 2.45) is 0 Å². The fourth-order valence-electron chi connectivity index (χ4n) is 2.64. The van der Waals surface area contributed by atoms with Gasteiger partial charge in [0.25, 0.3) is 5.91 Å². The first-order valence-electron chi connectivity index (χ1n) is 7.95. The molecule has 0 spiro atoms. The molecule has 1 amide bonds. The molecule has 6 heteroatoms. The number of methoxy groups -OCH3 is 1. The molecule has 1 saturated heterocycles. The number of anilines is 1. The van der Waals surface area contributed by atoms with Gasteiger partial charge in [-0.1, -0.05) is 48.2 Å². The maximum atomic E-state index is 12.9. The third-order valence-electron chi connectivity index (χ3n) is 4.24. The van der Waals surface area contributed by atoms with E-state index < -0.39 is 5.97 Å². The summed E-state index contributed by atoms with van der Waals surface area (Å²) >= 11 is 6.71. The third kappa shape index (κ3) is 3.43. The molecule has 0 radical (unpaired) electrons. The molecule has 0 atom stereocenters. The molecule has 0 N–H and O–H groups in total. The molecule has 0 saturated carbocycles. The van der Waals surface area contributed by atoms with Gasteiger partial charge in [-0.3, -0.25) is 9.69 Å². The maximum absolute atomic E-state index is 12.9. The van der Waals surface area contributed by atoms with Crippen LogP contribution in [0.4, 0.5) is 5.69 Å². The number of thioether (sulfide) groups is 1. The Labute approximate surface area is 161 Å². The summed E-state index contributed by atoms with van der Waals surface area (Å²) in [7, 11) is 1.34. The van der Waals surface area contributed by atoms with Crippen molar-refractivity contribution < 1.29 is 14.3 Å². The van der Waals surface area contributed by atoms with Gasteiger partial charge in [0.1, 0.15) is 0 Å². The highest BCUT2D eigenvalue weighted by Crippen LogP contribution is 2.37. The van der Waals surface area contributed by atoms with Gasteiger partial charge in [-0.2, -0.15) is 0 Å². The second-order valence-corrected chi connectivity index (χ2v) is 7.53. The molecule has 26 heavy (non-hydrogen) atoms. The highest BCUT2D eigenvalue weighted by atomic mass is 32.2. The standard InChI is InChI=1S/C20H17NO3S2/c1-12-5-4-6-16(13(12)2)21-18(22)17(26-20(21)25)11-14-7-9-15(10-8-14)19(23)24-3/h4-11H,1-3H3/b17-11+. The molecule has 1 heterocycles. The number of benzene rings is 2. The molecule has 3 rings (SSSR count). The molecule has 132 valence electrons. The van der Waals surface area contributed by atoms with Gasteiger partial charge in [-0.15, -0.1) is 0 Å². The van der Waals surface area contributed by atoms with Crippen LogP contribution < -0.4 is 4.90 Å². The van der Waals surface area contributed by atoms with E-state index in [-0.39, 0.29) is 5.91 Å². The van der Waals surface area contributed by atoms with Gasteiger partial charge < -0.3 is 4.74 Å². The normalized spacial score (nSPS) is 15.7. The fourth-order valence-corrected chi connectivity index (χ4v) is 3.92. The number of rotatable bonds is 3. The molecule has 0 aromatic heterocycles. The van der Waals surface area contributed by atoms with Crippen molar-refractivity contribution in [3.63, 3.8) is 0 Å². The van der Waals surface area contributed by atoms with E-state index in [0.29, 0.717) is 14.8 Å². The van der Waals surface area contributed by atoms with Crippen molar-refractivity contribution in [2.75, 3.05) is 12.0 Å². The zero-order valence-corrected chi connectivity index (χ0v) is 16.2. The first-order valence-corrected chi connectivity index (χ1v) is 9.17. The van der Waals surface area contributed by atoms with Crippen LogP contribution in [-0.2, 0) is 9.53 Å². The van der Waals surface area contributed by atoms with E-state index in [1.165, 1.54) is 18.9 Å². The predicted octanol–water partition coefficient (Wildman–Crippen LogP) is 4.50. The Bertz CT molecular complexity index is 933. The molecule has 2 aromatic carbocycles. The summed E-state index contributed by atoms with van der Waals surface area (Å²) in [5, 5.41) is 0. The second-order valence-electron chi connectivity index (χ2n) is 5.85. The van der Waals surface area contributed by atoms with E-state index in [1.807, 2.05) is 32.0 Å². The highest BCUT2D eigenvalue weighted by Gasteiger charge is 2.34. The van der Waals surface area contributed by atoms with E-state index in [2.05, 4.69) is 4.74 Å². The summed E-state index contributed by atoms with van der Waals surface area (Å²) in [4.78, 5) is 26.5. The van der Waals surface area contributed by atoms with Crippen molar-refractivity contribution in [1.82, 2.24) is 0 Å². The first kappa shape index (κ1) is 18.4. The van der Waals surface area contributed by atoms with Crippen LogP contribution in [0, 0.1) is 13.8 Å². The molecular formula is C20H17NO3S2. The van der Waals surface area contributed by atoms with Gasteiger partial charge >= 0.3 is 5.97 Å². The number of esters is 1. The van der Waals surface area contributed by atoms with Crippen LogP contribution in [0.15, 0.2) is 47.4 Å². The predicted molar refractivity (Wildman–Crippen MR) is 109 cm³/mol. The molecule has 0 aliphatic carbocycles. The summed E-state index contributed by atoms with van der Waals surface area (Å²) in [6, 6.07) is 12.7. The van der Waals surface area contributed by atoms with Gasteiger partial charge in [0.05, 0.1) is 23.3 Å². The first-order chi connectivity index (χ1) is 12.4. The van der Waals surface area contributed by atoms with Crippen molar-refractivity contribution in [1.29, 1.82) is 0 Å². The molecular weight excluding hydrogens is 366 g/mol. The number of carbonyl (C=O) groups is 2. The number of amides is 1. The quantitative estimate of drug-likeness (QED) is 0.444. The lowest BCUT2D eigenvalue weighted by Crippen LogP contribution is -2.28. The van der Waals surface area contributed by atoms with Crippen molar-refractivity contribution in [3.05, 3.63) is 69.6 Å². The summed E-state index contributed by atoms with van der Waals surface area (Å²) < 4.78 is 5.20. The topological polar surface area (TPSA) is 46.6 Å². The Balaban J connectivity index is 1.90. The smallest absolute Gasteiger partial charge is 0.337 e. The second kappa shape index (κ2) is 7.43. The summed E-state index contributed by atoms with van der Waals surface area (Å²) in [6.07, 6.45) is 1.78. The number of aryl methyl sites for hydroxylation is 1. The van der Waals surface area contributed by atoms with E-state index in [9.17, 15) is 9.59 Å². The Hall–Kier alpha value is -2.44. The number of hydrogen-bond donors (Lipinski definition) is 0. The Kier molecular flexibility index (Phi) is 5.25. The fraction of sp³-hybridized carbons (Fsp3) is 0.150. The van der Waals surface area contributed by atoms with Crippen molar-refractivity contribution >= 4 is 51.9 Å². The lowest BCUT2D eigenvalue weighted by Gasteiger charge is -2.18. The average molecular weight is 383 g/mol. The minimum Gasteiger partial charge on any atom is -0.465 e. The largest absolute Gasteiger partial charge is 0.465 e. The molecule has 0 unspecified atom stereocenters. The minimum atomic E-state index is -0.391. The molecule has 2 aromatic rings. The van der Waals surface area contributed by atoms with Crippen LogP contribution in [0.2, 0.25) is 0 Å². The molecule has 4 nitrogen and oxygen atoms in total. The van der Waals surface area contributed by atoms with Crippen LogP contribution in [0.1, 0.15) is 27.0 Å². The summed E-state index contributed by atoms with van der Waals surface area (Å²) in [5.41, 5.74) is 4.25. The number of thiocarbonyl (C=S) groups is 1. The van der Waals surface area contributed by atoms with Gasteiger partial charge in [0.2, 0.25) is 0 Å². The highest BCUT2D eigenvalue weighted by molar-refractivity contribution is 8.27.